The fourth-order valence-electron chi connectivity index (χ4n) is 1.89. The molecule has 0 radical (unpaired) electrons. The molecule has 0 unspecified atom stereocenters. The quantitative estimate of drug-likeness (QED) is 0.922. The van der Waals surface area contributed by atoms with Gasteiger partial charge >= 0.3 is 0 Å². The highest BCUT2D eigenvalue weighted by molar-refractivity contribution is 6.32. The number of halogens is 1. The second kappa shape index (κ2) is 5.88. The average molecular weight is 292 g/mol. The van der Waals surface area contributed by atoms with Crippen molar-refractivity contribution in [3.8, 4) is 0 Å². The van der Waals surface area contributed by atoms with E-state index in [1.807, 2.05) is 24.3 Å². The number of nitrogens with two attached hydrogens (primary N) is 1. The molecule has 0 bridgehead atoms. The number of primary amides is 1. The van der Waals surface area contributed by atoms with Crippen molar-refractivity contribution in [2.45, 2.75) is 13.3 Å². The normalized spacial score (nSPS) is 17.3. The third kappa shape index (κ3) is 3.24. The van der Waals surface area contributed by atoms with Crippen LogP contribution in [0.5, 0.6) is 0 Å². The second-order valence-corrected chi connectivity index (χ2v) is 4.88. The maximum atomic E-state index is 11.9. The third-order valence-electron chi connectivity index (χ3n) is 2.91. The molecule has 0 saturated carbocycles. The Labute approximate surface area is 121 Å². The predicted octanol–water partition coefficient (Wildman–Crippen LogP) is 1.82. The van der Waals surface area contributed by atoms with E-state index in [4.69, 9.17) is 17.3 Å². The van der Waals surface area contributed by atoms with Gasteiger partial charge in [0.2, 0.25) is 11.8 Å². The summed E-state index contributed by atoms with van der Waals surface area (Å²) in [7, 11) is 0. The molecule has 1 aromatic carbocycles. The Balaban J connectivity index is 2.30. The Morgan fingerprint density at radius 2 is 2.20 bits per heavy atom. The first kappa shape index (κ1) is 14.3. The van der Waals surface area contributed by atoms with Gasteiger partial charge in [0.1, 0.15) is 6.54 Å². The van der Waals surface area contributed by atoms with Crippen molar-refractivity contribution >= 4 is 35.2 Å². The van der Waals surface area contributed by atoms with Crippen LogP contribution in [0.3, 0.4) is 0 Å². The first-order chi connectivity index (χ1) is 9.47. The van der Waals surface area contributed by atoms with E-state index in [0.29, 0.717) is 10.7 Å². The van der Waals surface area contributed by atoms with E-state index in [2.05, 4.69) is 5.10 Å². The number of carbonyl (C=O) groups is 2. The highest BCUT2D eigenvalue weighted by Crippen LogP contribution is 2.22. The highest BCUT2D eigenvalue weighted by Gasteiger charge is 2.23. The van der Waals surface area contributed by atoms with Crippen molar-refractivity contribution in [3.05, 3.63) is 40.4 Å². The van der Waals surface area contributed by atoms with Crippen LogP contribution in [0, 0.1) is 0 Å². The van der Waals surface area contributed by atoms with Crippen molar-refractivity contribution in [1.29, 1.82) is 0 Å². The van der Waals surface area contributed by atoms with Crippen LogP contribution in [-0.4, -0.2) is 29.1 Å². The lowest BCUT2D eigenvalue weighted by atomic mass is 10.0. The minimum atomic E-state index is -0.589. The minimum Gasteiger partial charge on any atom is -0.368 e. The van der Waals surface area contributed by atoms with Crippen LogP contribution in [0.15, 0.2) is 34.9 Å². The zero-order valence-electron chi connectivity index (χ0n) is 11.0. The van der Waals surface area contributed by atoms with Gasteiger partial charge in [0.25, 0.3) is 0 Å². The molecule has 104 valence electrons. The fourth-order valence-corrected chi connectivity index (χ4v) is 2.08. The molecule has 0 aromatic heterocycles. The molecule has 2 N–H and O–H groups in total. The van der Waals surface area contributed by atoms with Gasteiger partial charge in [0.05, 0.1) is 12.1 Å². The Kier molecular flexibility index (Phi) is 4.20. The number of rotatable bonds is 3. The Hall–Kier alpha value is -2.14. The molecule has 1 heterocycles. The number of amides is 2. The van der Waals surface area contributed by atoms with E-state index in [0.717, 1.165) is 16.1 Å². The molecule has 0 spiro atoms. The van der Waals surface area contributed by atoms with Gasteiger partial charge in [-0.1, -0.05) is 29.8 Å². The van der Waals surface area contributed by atoms with Crippen molar-refractivity contribution in [2.75, 3.05) is 6.54 Å². The lowest BCUT2D eigenvalue weighted by molar-refractivity contribution is -0.134. The van der Waals surface area contributed by atoms with E-state index in [1.54, 1.807) is 13.0 Å². The van der Waals surface area contributed by atoms with Crippen LogP contribution in [0.25, 0.3) is 6.08 Å². The maximum Gasteiger partial charge on any atom is 0.247 e. The summed E-state index contributed by atoms with van der Waals surface area (Å²) >= 11 is 6.08. The summed E-state index contributed by atoms with van der Waals surface area (Å²) in [5.74, 6) is -0.846. The van der Waals surface area contributed by atoms with E-state index < -0.39 is 5.91 Å². The number of hydrazone groups is 1. The van der Waals surface area contributed by atoms with E-state index >= 15 is 0 Å². The fraction of sp³-hybridized carbons (Fsp3) is 0.214. The molecule has 0 fully saturated rings. The van der Waals surface area contributed by atoms with Gasteiger partial charge < -0.3 is 5.73 Å². The second-order valence-electron chi connectivity index (χ2n) is 4.47. The molecule has 2 amide bonds. The van der Waals surface area contributed by atoms with Gasteiger partial charge in [-0.15, -0.1) is 0 Å². The van der Waals surface area contributed by atoms with Crippen molar-refractivity contribution < 1.29 is 9.59 Å². The Morgan fingerprint density at radius 3 is 2.85 bits per heavy atom. The summed E-state index contributed by atoms with van der Waals surface area (Å²) in [6, 6.07) is 7.36. The van der Waals surface area contributed by atoms with E-state index in [-0.39, 0.29) is 18.9 Å². The van der Waals surface area contributed by atoms with E-state index in [9.17, 15) is 9.59 Å². The summed E-state index contributed by atoms with van der Waals surface area (Å²) in [5.41, 5.74) is 7.36. The topological polar surface area (TPSA) is 75.8 Å². The number of hydrogen-bond donors (Lipinski definition) is 1. The zero-order valence-corrected chi connectivity index (χ0v) is 11.7. The predicted molar refractivity (Wildman–Crippen MR) is 78.1 cm³/mol. The molecule has 0 saturated heterocycles. The monoisotopic (exact) mass is 291 g/mol. The van der Waals surface area contributed by atoms with Gasteiger partial charge in [-0.25, -0.2) is 5.01 Å². The van der Waals surface area contributed by atoms with Crippen LogP contribution >= 0.6 is 11.6 Å². The summed E-state index contributed by atoms with van der Waals surface area (Å²) < 4.78 is 0. The standard InChI is InChI=1S/C14H14ClN3O2/c1-9-11(6-10-4-2-3-5-12(10)15)7-14(20)18(17-9)8-13(16)19/h2-6H,7-8H2,1H3,(H2,16,19)/b11-6+. The number of hydrogen-bond acceptors (Lipinski definition) is 3. The van der Waals surface area contributed by atoms with Crippen LogP contribution in [0.2, 0.25) is 5.02 Å². The molecule has 6 heteroatoms. The van der Waals surface area contributed by atoms with Crippen molar-refractivity contribution in [1.82, 2.24) is 5.01 Å². The smallest absolute Gasteiger partial charge is 0.247 e. The molecule has 0 aliphatic carbocycles. The molecular formula is C14H14ClN3O2. The Bertz CT molecular complexity index is 623. The highest BCUT2D eigenvalue weighted by atomic mass is 35.5. The van der Waals surface area contributed by atoms with Gasteiger partial charge in [0.15, 0.2) is 0 Å². The number of nitrogens with zero attached hydrogens (tertiary/aromatic N) is 2. The lowest BCUT2D eigenvalue weighted by Crippen LogP contribution is -2.38. The molecule has 5 nitrogen and oxygen atoms in total. The summed E-state index contributed by atoms with van der Waals surface area (Å²) in [4.78, 5) is 22.8. The first-order valence-electron chi connectivity index (χ1n) is 6.06. The first-order valence-corrected chi connectivity index (χ1v) is 6.44. The van der Waals surface area contributed by atoms with Crippen LogP contribution in [0.1, 0.15) is 18.9 Å². The summed E-state index contributed by atoms with van der Waals surface area (Å²) in [6.45, 7) is 1.58. The maximum absolute atomic E-state index is 11.9. The summed E-state index contributed by atoms with van der Waals surface area (Å²) in [6.07, 6.45) is 2.01. The van der Waals surface area contributed by atoms with E-state index in [1.165, 1.54) is 0 Å². The molecule has 1 aliphatic heterocycles. The molecule has 20 heavy (non-hydrogen) atoms. The molecule has 1 aliphatic rings. The molecule has 1 aromatic rings. The van der Waals surface area contributed by atoms with Gasteiger partial charge in [-0.05, 0) is 30.2 Å². The number of carbonyl (C=O) groups excluding carboxylic acids is 2. The molecule has 0 atom stereocenters. The van der Waals surface area contributed by atoms with Crippen LogP contribution < -0.4 is 5.73 Å². The largest absolute Gasteiger partial charge is 0.368 e. The van der Waals surface area contributed by atoms with Crippen LogP contribution in [-0.2, 0) is 9.59 Å². The number of benzene rings is 1. The van der Waals surface area contributed by atoms with Crippen molar-refractivity contribution in [2.24, 2.45) is 10.8 Å². The Morgan fingerprint density at radius 1 is 1.50 bits per heavy atom. The molecule has 2 rings (SSSR count). The lowest BCUT2D eigenvalue weighted by Gasteiger charge is -2.23. The summed E-state index contributed by atoms with van der Waals surface area (Å²) in [5, 5.41) is 5.81. The SMILES string of the molecule is CC1=NN(CC(N)=O)C(=O)C/C1=C\c1ccccc1Cl. The zero-order chi connectivity index (χ0) is 14.7. The third-order valence-corrected chi connectivity index (χ3v) is 3.25. The van der Waals surface area contributed by atoms with Gasteiger partial charge in [-0.2, -0.15) is 5.10 Å². The van der Waals surface area contributed by atoms with Crippen molar-refractivity contribution in [3.63, 3.8) is 0 Å². The average Bonchev–Trinajstić information content (AvgIpc) is 2.37. The molecular weight excluding hydrogens is 278 g/mol. The minimum absolute atomic E-state index is 0.174. The van der Waals surface area contributed by atoms with Gasteiger partial charge in [0, 0.05) is 5.02 Å². The van der Waals surface area contributed by atoms with Gasteiger partial charge in [-0.3, -0.25) is 9.59 Å². The van der Waals surface area contributed by atoms with Crippen LogP contribution in [0.4, 0.5) is 0 Å².